The van der Waals surface area contributed by atoms with E-state index < -0.39 is 0 Å². The van der Waals surface area contributed by atoms with Gasteiger partial charge in [-0.15, -0.1) is 10.2 Å². The van der Waals surface area contributed by atoms with E-state index in [1.54, 1.807) is 24.3 Å². The number of nitrogens with zero attached hydrogens (tertiary/aromatic N) is 3. The van der Waals surface area contributed by atoms with E-state index in [9.17, 15) is 9.59 Å². The van der Waals surface area contributed by atoms with Gasteiger partial charge in [0.15, 0.2) is 11.5 Å². The number of amides is 2. The summed E-state index contributed by atoms with van der Waals surface area (Å²) < 4.78 is 1.83. The van der Waals surface area contributed by atoms with Crippen LogP contribution in [0.5, 0.6) is 0 Å². The SMILES string of the molecule is O=C(NCc1nnc2ccccn12)c1cccc(NC(=O)C2CC2)c1. The Kier molecular flexibility index (Phi) is 3.89. The van der Waals surface area contributed by atoms with Gasteiger partial charge in [-0.3, -0.25) is 14.0 Å². The molecule has 2 heterocycles. The molecule has 3 aromatic rings. The normalized spacial score (nSPS) is 13.6. The lowest BCUT2D eigenvalue weighted by atomic mass is 10.2. The number of pyridine rings is 1. The van der Waals surface area contributed by atoms with Crippen LogP contribution in [0.4, 0.5) is 5.69 Å². The van der Waals surface area contributed by atoms with Crippen molar-refractivity contribution in [1.82, 2.24) is 19.9 Å². The molecule has 0 saturated heterocycles. The van der Waals surface area contributed by atoms with E-state index in [1.807, 2.05) is 28.8 Å². The molecule has 0 radical (unpaired) electrons. The third-order valence-electron chi connectivity index (χ3n) is 4.13. The molecule has 25 heavy (non-hydrogen) atoms. The fraction of sp³-hybridized carbons (Fsp3) is 0.222. The van der Waals surface area contributed by atoms with Gasteiger partial charge in [-0.25, -0.2) is 0 Å². The number of fused-ring (bicyclic) bond motifs is 1. The smallest absolute Gasteiger partial charge is 0.251 e. The lowest BCUT2D eigenvalue weighted by Crippen LogP contribution is -2.24. The van der Waals surface area contributed by atoms with E-state index in [2.05, 4.69) is 20.8 Å². The van der Waals surface area contributed by atoms with Crippen LogP contribution < -0.4 is 10.6 Å². The topological polar surface area (TPSA) is 88.4 Å². The van der Waals surface area contributed by atoms with Crippen molar-refractivity contribution in [2.24, 2.45) is 5.92 Å². The molecule has 4 rings (SSSR count). The minimum atomic E-state index is -0.227. The second-order valence-corrected chi connectivity index (χ2v) is 6.07. The Labute approximate surface area is 144 Å². The maximum atomic E-state index is 12.4. The summed E-state index contributed by atoms with van der Waals surface area (Å²) in [5.74, 6) is 0.573. The number of carbonyl (C=O) groups excluding carboxylic acids is 2. The van der Waals surface area contributed by atoms with E-state index >= 15 is 0 Å². The van der Waals surface area contributed by atoms with Gasteiger partial charge in [0.1, 0.15) is 0 Å². The van der Waals surface area contributed by atoms with Gasteiger partial charge in [-0.05, 0) is 43.2 Å². The van der Waals surface area contributed by atoms with E-state index in [0.717, 1.165) is 18.5 Å². The minimum Gasteiger partial charge on any atom is -0.345 e. The van der Waals surface area contributed by atoms with Crippen LogP contribution in [0.1, 0.15) is 29.0 Å². The quantitative estimate of drug-likeness (QED) is 0.746. The average molecular weight is 335 g/mol. The molecule has 1 fully saturated rings. The summed E-state index contributed by atoms with van der Waals surface area (Å²) in [5.41, 5.74) is 1.86. The lowest BCUT2D eigenvalue weighted by molar-refractivity contribution is -0.117. The average Bonchev–Trinajstić information content (AvgIpc) is 3.41. The first-order chi connectivity index (χ1) is 12.2. The third kappa shape index (κ3) is 3.35. The van der Waals surface area contributed by atoms with Crippen LogP contribution in [0, 0.1) is 5.92 Å². The van der Waals surface area contributed by atoms with Crippen LogP contribution >= 0.6 is 0 Å². The van der Waals surface area contributed by atoms with Gasteiger partial charge in [0.05, 0.1) is 6.54 Å². The van der Waals surface area contributed by atoms with Crippen LogP contribution in [-0.2, 0) is 11.3 Å². The van der Waals surface area contributed by atoms with E-state index in [4.69, 9.17) is 0 Å². The summed E-state index contributed by atoms with van der Waals surface area (Å²) in [4.78, 5) is 24.2. The number of hydrogen-bond acceptors (Lipinski definition) is 4. The zero-order valence-electron chi connectivity index (χ0n) is 13.5. The van der Waals surface area contributed by atoms with Crippen LogP contribution in [0.2, 0.25) is 0 Å². The Morgan fingerprint density at radius 1 is 1.12 bits per heavy atom. The number of nitrogens with one attached hydrogen (secondary N) is 2. The standard InChI is InChI=1S/C18H17N5O2/c24-17(19-11-16-22-21-15-6-1-2-9-23(15)16)13-4-3-5-14(10-13)20-18(25)12-7-8-12/h1-6,9-10,12H,7-8,11H2,(H,19,24)(H,20,25). The van der Waals surface area contributed by atoms with Gasteiger partial charge < -0.3 is 10.6 Å². The molecule has 1 saturated carbocycles. The highest BCUT2D eigenvalue weighted by atomic mass is 16.2. The first-order valence-corrected chi connectivity index (χ1v) is 8.18. The van der Waals surface area contributed by atoms with E-state index in [0.29, 0.717) is 17.1 Å². The molecule has 0 unspecified atom stereocenters. The number of benzene rings is 1. The largest absolute Gasteiger partial charge is 0.345 e. The number of carbonyl (C=O) groups is 2. The molecule has 2 aromatic heterocycles. The zero-order valence-corrected chi connectivity index (χ0v) is 13.5. The molecule has 0 atom stereocenters. The molecule has 1 aliphatic rings. The first-order valence-electron chi connectivity index (χ1n) is 8.18. The number of rotatable bonds is 5. The summed E-state index contributed by atoms with van der Waals surface area (Å²) in [5, 5.41) is 13.8. The predicted molar refractivity (Wildman–Crippen MR) is 92.0 cm³/mol. The third-order valence-corrected chi connectivity index (χ3v) is 4.13. The Balaban J connectivity index is 1.43. The van der Waals surface area contributed by atoms with Gasteiger partial charge >= 0.3 is 0 Å². The van der Waals surface area contributed by atoms with Crippen molar-refractivity contribution in [3.63, 3.8) is 0 Å². The Bertz CT molecular complexity index is 945. The summed E-state index contributed by atoms with van der Waals surface area (Å²) in [7, 11) is 0. The molecule has 2 amide bonds. The first kappa shape index (κ1) is 15.3. The Morgan fingerprint density at radius 3 is 2.84 bits per heavy atom. The second kappa shape index (κ2) is 6.35. The van der Waals surface area contributed by atoms with E-state index in [1.165, 1.54) is 0 Å². The molecular formula is C18H17N5O2. The van der Waals surface area contributed by atoms with Crippen molar-refractivity contribution >= 4 is 23.1 Å². The Hall–Kier alpha value is -3.22. The summed E-state index contributed by atoms with van der Waals surface area (Å²) in [6.07, 6.45) is 3.74. The van der Waals surface area contributed by atoms with Gasteiger partial charge in [0.25, 0.3) is 5.91 Å². The summed E-state index contributed by atoms with van der Waals surface area (Å²) in [6, 6.07) is 12.5. The monoisotopic (exact) mass is 335 g/mol. The Morgan fingerprint density at radius 2 is 2.00 bits per heavy atom. The number of anilines is 1. The lowest BCUT2D eigenvalue weighted by Gasteiger charge is -2.08. The van der Waals surface area contributed by atoms with Crippen molar-refractivity contribution < 1.29 is 9.59 Å². The fourth-order valence-electron chi connectivity index (χ4n) is 2.60. The molecule has 0 aliphatic heterocycles. The van der Waals surface area contributed by atoms with Crippen molar-refractivity contribution in [1.29, 1.82) is 0 Å². The van der Waals surface area contributed by atoms with Crippen LogP contribution in [-0.4, -0.2) is 26.4 Å². The van der Waals surface area contributed by atoms with Crippen molar-refractivity contribution in [3.8, 4) is 0 Å². The second-order valence-electron chi connectivity index (χ2n) is 6.07. The van der Waals surface area contributed by atoms with Crippen molar-refractivity contribution in [3.05, 3.63) is 60.0 Å². The van der Waals surface area contributed by atoms with Crippen molar-refractivity contribution in [2.75, 3.05) is 5.32 Å². The maximum absolute atomic E-state index is 12.4. The molecule has 1 aliphatic carbocycles. The van der Waals surface area contributed by atoms with Crippen molar-refractivity contribution in [2.45, 2.75) is 19.4 Å². The fourth-order valence-corrected chi connectivity index (χ4v) is 2.60. The molecule has 7 nitrogen and oxygen atoms in total. The number of aromatic nitrogens is 3. The zero-order chi connectivity index (χ0) is 17.2. The molecular weight excluding hydrogens is 318 g/mol. The molecule has 0 spiro atoms. The van der Waals surface area contributed by atoms with Gasteiger partial charge in [0, 0.05) is 23.4 Å². The highest BCUT2D eigenvalue weighted by Gasteiger charge is 2.29. The van der Waals surface area contributed by atoms with Crippen LogP contribution in [0.15, 0.2) is 48.7 Å². The number of hydrogen-bond donors (Lipinski definition) is 2. The van der Waals surface area contributed by atoms with Crippen LogP contribution in [0.25, 0.3) is 5.65 Å². The summed E-state index contributed by atoms with van der Waals surface area (Å²) >= 11 is 0. The molecule has 126 valence electrons. The summed E-state index contributed by atoms with van der Waals surface area (Å²) in [6.45, 7) is 0.267. The van der Waals surface area contributed by atoms with E-state index in [-0.39, 0.29) is 24.3 Å². The minimum absolute atomic E-state index is 0.0208. The highest BCUT2D eigenvalue weighted by Crippen LogP contribution is 2.30. The molecule has 0 bridgehead atoms. The predicted octanol–water partition coefficient (Wildman–Crippen LogP) is 2.01. The maximum Gasteiger partial charge on any atom is 0.251 e. The van der Waals surface area contributed by atoms with Gasteiger partial charge in [-0.1, -0.05) is 12.1 Å². The van der Waals surface area contributed by atoms with Gasteiger partial charge in [-0.2, -0.15) is 0 Å². The van der Waals surface area contributed by atoms with Gasteiger partial charge in [0.2, 0.25) is 5.91 Å². The highest BCUT2D eigenvalue weighted by molar-refractivity contribution is 5.98. The molecule has 7 heteroatoms. The molecule has 2 N–H and O–H groups in total. The molecule has 1 aromatic carbocycles. The van der Waals surface area contributed by atoms with Crippen LogP contribution in [0.3, 0.4) is 0 Å².